The van der Waals surface area contributed by atoms with E-state index in [0.717, 1.165) is 0 Å². The number of hydrogen-bond donors (Lipinski definition) is 0. The average molecular weight is 202 g/mol. The summed E-state index contributed by atoms with van der Waals surface area (Å²) in [6, 6.07) is 0. The largest absolute Gasteiger partial charge is 0.461 e. The van der Waals surface area contributed by atoms with E-state index in [1.54, 1.807) is 13.8 Å². The first kappa shape index (κ1) is 9.85. The zero-order chi connectivity index (χ0) is 9.84. The van der Waals surface area contributed by atoms with Gasteiger partial charge in [-0.1, -0.05) is 11.6 Å². The average Bonchev–Trinajstić information content (AvgIpc) is 2.04. The van der Waals surface area contributed by atoms with Gasteiger partial charge in [0.25, 0.3) is 0 Å². The lowest BCUT2D eigenvalue weighted by Crippen LogP contribution is -2.10. The molecule has 0 aliphatic heterocycles. The second-order valence-electron chi connectivity index (χ2n) is 2.22. The van der Waals surface area contributed by atoms with Crippen molar-refractivity contribution in [3.63, 3.8) is 0 Å². The quantitative estimate of drug-likeness (QED) is 0.669. The zero-order valence-electron chi connectivity index (χ0n) is 7.24. The van der Waals surface area contributed by atoms with Crippen LogP contribution in [0.25, 0.3) is 0 Å². The molecule has 0 saturated carbocycles. The van der Waals surface area contributed by atoms with E-state index in [0.29, 0.717) is 5.82 Å². The number of carbonyl (C=O) groups excluding carboxylic acids is 1. The second kappa shape index (κ2) is 4.13. The van der Waals surface area contributed by atoms with Gasteiger partial charge in [-0.05, 0) is 13.8 Å². The van der Waals surface area contributed by atoms with E-state index in [1.807, 2.05) is 0 Å². The standard InChI is InChI=1S/C7H8ClN3O2/c1-3-13-7(12)5-6(8)9-4(2)10-11-5/h3H2,1-2H3. The van der Waals surface area contributed by atoms with E-state index >= 15 is 0 Å². The maximum atomic E-state index is 11.1. The molecule has 0 radical (unpaired) electrons. The zero-order valence-corrected chi connectivity index (χ0v) is 8.00. The molecule has 0 aliphatic carbocycles. The molecule has 13 heavy (non-hydrogen) atoms. The first-order valence-corrected chi connectivity index (χ1v) is 4.07. The summed E-state index contributed by atoms with van der Waals surface area (Å²) in [5.74, 6) is -0.189. The highest BCUT2D eigenvalue weighted by molar-refractivity contribution is 6.32. The number of carbonyl (C=O) groups is 1. The Hall–Kier alpha value is -1.23. The van der Waals surface area contributed by atoms with Gasteiger partial charge in [0.15, 0.2) is 5.15 Å². The summed E-state index contributed by atoms with van der Waals surface area (Å²) >= 11 is 5.65. The van der Waals surface area contributed by atoms with Crippen molar-refractivity contribution in [2.75, 3.05) is 6.61 Å². The SMILES string of the molecule is CCOC(=O)c1nnc(C)nc1Cl. The van der Waals surface area contributed by atoms with Crippen molar-refractivity contribution < 1.29 is 9.53 Å². The molecule has 0 bridgehead atoms. The van der Waals surface area contributed by atoms with Crippen molar-refractivity contribution >= 4 is 17.6 Å². The van der Waals surface area contributed by atoms with Crippen LogP contribution in [0.3, 0.4) is 0 Å². The summed E-state index contributed by atoms with van der Waals surface area (Å²) in [5, 5.41) is 7.19. The molecule has 5 nitrogen and oxygen atoms in total. The van der Waals surface area contributed by atoms with Crippen LogP contribution in [0, 0.1) is 6.92 Å². The van der Waals surface area contributed by atoms with Crippen molar-refractivity contribution in [1.82, 2.24) is 15.2 Å². The molecule has 0 N–H and O–H groups in total. The minimum absolute atomic E-state index is 0.0194. The fourth-order valence-corrected chi connectivity index (χ4v) is 0.943. The van der Waals surface area contributed by atoms with Gasteiger partial charge in [-0.15, -0.1) is 10.2 Å². The first-order valence-electron chi connectivity index (χ1n) is 3.69. The molecular formula is C7H8ClN3O2. The first-order chi connectivity index (χ1) is 6.15. The maximum absolute atomic E-state index is 11.1. The molecule has 0 amide bonds. The van der Waals surface area contributed by atoms with E-state index < -0.39 is 5.97 Å². The summed E-state index contributed by atoms with van der Waals surface area (Å²) in [5.41, 5.74) is -0.0471. The summed E-state index contributed by atoms with van der Waals surface area (Å²) in [6.45, 7) is 3.60. The lowest BCUT2D eigenvalue weighted by molar-refractivity contribution is 0.0517. The van der Waals surface area contributed by atoms with Crippen LogP contribution in [0.5, 0.6) is 0 Å². The van der Waals surface area contributed by atoms with Gasteiger partial charge in [-0.2, -0.15) is 0 Å². The fraction of sp³-hybridized carbons (Fsp3) is 0.429. The van der Waals surface area contributed by atoms with Crippen molar-refractivity contribution in [2.45, 2.75) is 13.8 Å². The molecule has 1 heterocycles. The van der Waals surface area contributed by atoms with E-state index in [2.05, 4.69) is 19.9 Å². The van der Waals surface area contributed by atoms with Gasteiger partial charge in [-0.3, -0.25) is 0 Å². The van der Waals surface area contributed by atoms with Crippen molar-refractivity contribution in [2.24, 2.45) is 0 Å². The van der Waals surface area contributed by atoms with E-state index in [1.165, 1.54) is 0 Å². The van der Waals surface area contributed by atoms with Crippen molar-refractivity contribution in [1.29, 1.82) is 0 Å². The molecule has 6 heteroatoms. The highest BCUT2D eigenvalue weighted by Gasteiger charge is 2.15. The minimum atomic E-state index is -0.604. The van der Waals surface area contributed by atoms with Gasteiger partial charge in [0.05, 0.1) is 6.61 Å². The molecule has 0 atom stereocenters. The number of nitrogens with zero attached hydrogens (tertiary/aromatic N) is 3. The number of hydrogen-bond acceptors (Lipinski definition) is 5. The Balaban J connectivity index is 2.95. The smallest absolute Gasteiger partial charge is 0.362 e. The van der Waals surface area contributed by atoms with Crippen LogP contribution in [-0.4, -0.2) is 27.8 Å². The third-order valence-corrected chi connectivity index (χ3v) is 1.48. The van der Waals surface area contributed by atoms with Gasteiger partial charge in [-0.25, -0.2) is 9.78 Å². The molecule has 0 aliphatic rings. The number of aromatic nitrogens is 3. The van der Waals surface area contributed by atoms with Crippen LogP contribution in [0.1, 0.15) is 23.2 Å². The van der Waals surface area contributed by atoms with Crippen LogP contribution in [-0.2, 0) is 4.74 Å². The highest BCUT2D eigenvalue weighted by atomic mass is 35.5. The molecule has 1 aromatic rings. The topological polar surface area (TPSA) is 65.0 Å². The molecule has 0 unspecified atom stereocenters. The van der Waals surface area contributed by atoms with Crippen molar-refractivity contribution in [3.8, 4) is 0 Å². The van der Waals surface area contributed by atoms with Crippen LogP contribution < -0.4 is 0 Å². The summed E-state index contributed by atoms with van der Waals surface area (Å²) in [7, 11) is 0. The molecule has 1 aromatic heterocycles. The van der Waals surface area contributed by atoms with Gasteiger partial charge >= 0.3 is 5.97 Å². The Morgan fingerprint density at radius 1 is 1.54 bits per heavy atom. The minimum Gasteiger partial charge on any atom is -0.461 e. The lowest BCUT2D eigenvalue weighted by atomic mass is 10.5. The lowest BCUT2D eigenvalue weighted by Gasteiger charge is -2.01. The van der Waals surface area contributed by atoms with Gasteiger partial charge < -0.3 is 4.74 Å². The normalized spacial score (nSPS) is 9.77. The van der Waals surface area contributed by atoms with Crippen molar-refractivity contribution in [3.05, 3.63) is 16.7 Å². The maximum Gasteiger partial charge on any atom is 0.362 e. The molecule has 1 rings (SSSR count). The number of esters is 1. The van der Waals surface area contributed by atoms with E-state index in [-0.39, 0.29) is 17.5 Å². The molecule has 0 saturated heterocycles. The van der Waals surface area contributed by atoms with Gasteiger partial charge in [0.1, 0.15) is 5.82 Å². The van der Waals surface area contributed by atoms with Crippen LogP contribution in [0.4, 0.5) is 0 Å². The van der Waals surface area contributed by atoms with Gasteiger partial charge in [0.2, 0.25) is 5.69 Å². The Kier molecular flexibility index (Phi) is 3.13. The van der Waals surface area contributed by atoms with Crippen LogP contribution in [0.2, 0.25) is 5.15 Å². The third-order valence-electron chi connectivity index (χ3n) is 1.22. The highest BCUT2D eigenvalue weighted by Crippen LogP contribution is 2.09. The van der Waals surface area contributed by atoms with Crippen LogP contribution in [0.15, 0.2) is 0 Å². The summed E-state index contributed by atoms with van der Waals surface area (Å²) in [4.78, 5) is 14.9. The monoisotopic (exact) mass is 201 g/mol. The number of aryl methyl sites for hydroxylation is 1. The molecule has 0 aromatic carbocycles. The van der Waals surface area contributed by atoms with Gasteiger partial charge in [0, 0.05) is 0 Å². The third kappa shape index (κ3) is 2.35. The number of ether oxygens (including phenoxy) is 1. The van der Waals surface area contributed by atoms with E-state index in [4.69, 9.17) is 11.6 Å². The number of halogens is 1. The Bertz CT molecular complexity index is 330. The Morgan fingerprint density at radius 2 is 2.23 bits per heavy atom. The Morgan fingerprint density at radius 3 is 2.77 bits per heavy atom. The van der Waals surface area contributed by atoms with E-state index in [9.17, 15) is 4.79 Å². The summed E-state index contributed by atoms with van der Waals surface area (Å²) in [6.07, 6.45) is 0. The number of rotatable bonds is 2. The molecule has 0 spiro atoms. The predicted octanol–water partition coefficient (Wildman–Crippen LogP) is 1.01. The fourth-order valence-electron chi connectivity index (χ4n) is 0.705. The second-order valence-corrected chi connectivity index (χ2v) is 2.58. The predicted molar refractivity (Wildman–Crippen MR) is 45.5 cm³/mol. The molecular weight excluding hydrogens is 194 g/mol. The Labute approximate surface area is 80.1 Å². The molecule has 0 fully saturated rings. The van der Waals surface area contributed by atoms with Crippen LogP contribution >= 0.6 is 11.6 Å². The molecule has 70 valence electrons. The summed E-state index contributed by atoms with van der Waals surface area (Å²) < 4.78 is 4.68.